The predicted molar refractivity (Wildman–Crippen MR) is 156 cm³/mol. The number of morpholine rings is 1. The van der Waals surface area contributed by atoms with Crippen molar-refractivity contribution < 1.29 is 19.0 Å². The summed E-state index contributed by atoms with van der Waals surface area (Å²) in [6, 6.07) is 20.3. The van der Waals surface area contributed by atoms with Crippen LogP contribution < -0.4 is 14.8 Å². The Hall–Kier alpha value is -2.75. The molecule has 10 heteroatoms. The lowest BCUT2D eigenvalue weighted by Crippen LogP contribution is -2.40. The number of hydrogen-bond acceptors (Lipinski definition) is 7. The van der Waals surface area contributed by atoms with Crippen molar-refractivity contribution in [1.82, 2.24) is 10.2 Å². The molecule has 2 aliphatic heterocycles. The van der Waals surface area contributed by atoms with Gasteiger partial charge >= 0.3 is 0 Å². The number of nitrogens with one attached hydrogen (secondary N) is 1. The number of rotatable bonds is 9. The molecule has 0 bridgehead atoms. The number of ether oxygens (including phenoxy) is 3. The van der Waals surface area contributed by atoms with Gasteiger partial charge < -0.3 is 19.5 Å². The van der Waals surface area contributed by atoms with E-state index in [1.807, 2.05) is 48.5 Å². The molecule has 1 fully saturated rings. The lowest BCUT2D eigenvalue weighted by molar-refractivity contribution is 0.0364. The Labute approximate surface area is 242 Å². The second-order valence-electron chi connectivity index (χ2n) is 9.22. The highest BCUT2D eigenvalue weighted by atomic mass is 35.5. The number of carbonyl (C=O) groups is 1. The maximum absolute atomic E-state index is 13.3. The molecular weight excluding hydrogens is 557 g/mol. The van der Waals surface area contributed by atoms with E-state index in [0.29, 0.717) is 32.3 Å². The third-order valence-corrected chi connectivity index (χ3v) is 8.12. The number of amidine groups is 1. The number of hydrogen-bond donors (Lipinski definition) is 1. The van der Waals surface area contributed by atoms with Crippen LogP contribution in [0.15, 0.2) is 71.7 Å². The highest BCUT2D eigenvalue weighted by molar-refractivity contribution is 8.14. The van der Waals surface area contributed by atoms with Crippen LogP contribution in [0.25, 0.3) is 0 Å². The first-order valence-electron chi connectivity index (χ1n) is 12.7. The largest absolute Gasteiger partial charge is 0.489 e. The summed E-state index contributed by atoms with van der Waals surface area (Å²) in [6.07, 6.45) is 0. The molecule has 0 aromatic heterocycles. The Morgan fingerprint density at radius 2 is 1.54 bits per heavy atom. The summed E-state index contributed by atoms with van der Waals surface area (Å²) in [7, 11) is 0. The van der Waals surface area contributed by atoms with E-state index in [-0.39, 0.29) is 25.2 Å². The van der Waals surface area contributed by atoms with Gasteiger partial charge in [0, 0.05) is 58.2 Å². The molecule has 2 heterocycles. The molecule has 3 aromatic rings. The summed E-state index contributed by atoms with van der Waals surface area (Å²) in [5.74, 6) is 1.53. The number of amides is 1. The maximum atomic E-state index is 13.3. The smallest absolute Gasteiger partial charge is 0.257 e. The van der Waals surface area contributed by atoms with Gasteiger partial charge in [-0.15, -0.1) is 0 Å². The van der Waals surface area contributed by atoms with Crippen molar-refractivity contribution in [3.05, 3.63) is 93.5 Å². The molecule has 204 valence electrons. The fourth-order valence-electron chi connectivity index (χ4n) is 4.25. The number of benzene rings is 3. The van der Waals surface area contributed by atoms with Crippen molar-refractivity contribution in [2.75, 3.05) is 38.6 Å². The third kappa shape index (κ3) is 7.90. The zero-order chi connectivity index (χ0) is 27.0. The van der Waals surface area contributed by atoms with E-state index in [9.17, 15) is 4.79 Å². The highest BCUT2D eigenvalue weighted by Gasteiger charge is 2.24. The number of nitrogens with zero attached hydrogens (tertiary/aromatic N) is 2. The second-order valence-corrected chi connectivity index (χ2v) is 11.0. The van der Waals surface area contributed by atoms with Crippen molar-refractivity contribution in [2.24, 2.45) is 4.99 Å². The van der Waals surface area contributed by atoms with Gasteiger partial charge in [-0.25, -0.2) is 0 Å². The minimum Gasteiger partial charge on any atom is -0.489 e. The first-order chi connectivity index (χ1) is 19.0. The van der Waals surface area contributed by atoms with Gasteiger partial charge in [0.15, 0.2) is 5.17 Å². The number of halogens is 2. The Morgan fingerprint density at radius 1 is 0.949 bits per heavy atom. The van der Waals surface area contributed by atoms with E-state index in [1.54, 1.807) is 30.0 Å². The molecule has 5 rings (SSSR count). The fraction of sp³-hybridized carbons (Fsp3) is 0.310. The Morgan fingerprint density at radius 3 is 2.13 bits per heavy atom. The topological polar surface area (TPSA) is 72.4 Å². The van der Waals surface area contributed by atoms with Gasteiger partial charge in [0.25, 0.3) is 5.91 Å². The summed E-state index contributed by atoms with van der Waals surface area (Å²) in [5.41, 5.74) is 2.09. The summed E-state index contributed by atoms with van der Waals surface area (Å²) in [4.78, 5) is 20.4. The van der Waals surface area contributed by atoms with Crippen LogP contribution >= 0.6 is 35.0 Å². The lowest BCUT2D eigenvalue weighted by atomic mass is 10.2. The fourth-order valence-corrected chi connectivity index (χ4v) is 5.55. The van der Waals surface area contributed by atoms with Crippen LogP contribution in [0.4, 0.5) is 0 Å². The molecule has 3 aromatic carbocycles. The van der Waals surface area contributed by atoms with Gasteiger partial charge in [-0.1, -0.05) is 71.4 Å². The monoisotopic (exact) mass is 585 g/mol. The molecule has 0 saturated carbocycles. The standard InChI is InChI=1S/C29H29Cl2N3O4S/c30-26-7-3-1-5-20(26)17-37-24-13-22(14-25(15-24)38-18-21-6-2-4-8-27(21)31)28(35)33-29-32-23(19-39-29)16-34-9-11-36-12-10-34/h1-8,13-15,23H,9-12,16-19H2,(H,32,33,35). The summed E-state index contributed by atoms with van der Waals surface area (Å²) < 4.78 is 17.5. The molecule has 1 saturated heterocycles. The van der Waals surface area contributed by atoms with E-state index in [0.717, 1.165) is 49.7 Å². The van der Waals surface area contributed by atoms with E-state index >= 15 is 0 Å². The van der Waals surface area contributed by atoms with Crippen molar-refractivity contribution in [3.8, 4) is 11.5 Å². The van der Waals surface area contributed by atoms with Gasteiger partial charge in [-0.05, 0) is 24.3 Å². The average molecular weight is 587 g/mol. The third-order valence-electron chi connectivity index (χ3n) is 6.35. The maximum Gasteiger partial charge on any atom is 0.257 e. The molecule has 1 atom stereocenters. The van der Waals surface area contributed by atoms with Crippen LogP contribution in [-0.4, -0.2) is 60.6 Å². The minimum absolute atomic E-state index is 0.142. The lowest BCUT2D eigenvalue weighted by Gasteiger charge is -2.27. The van der Waals surface area contributed by atoms with Gasteiger partial charge in [-0.3, -0.25) is 14.7 Å². The van der Waals surface area contributed by atoms with Crippen LogP contribution in [-0.2, 0) is 18.0 Å². The van der Waals surface area contributed by atoms with Crippen molar-refractivity contribution in [2.45, 2.75) is 19.3 Å². The normalized spacial score (nSPS) is 17.5. The molecule has 7 nitrogen and oxygen atoms in total. The molecule has 1 N–H and O–H groups in total. The summed E-state index contributed by atoms with van der Waals surface area (Å²) >= 11 is 14.2. The van der Waals surface area contributed by atoms with Gasteiger partial charge in [0.05, 0.1) is 19.3 Å². The van der Waals surface area contributed by atoms with E-state index in [1.165, 1.54) is 0 Å². The van der Waals surface area contributed by atoms with Crippen LogP contribution in [0.1, 0.15) is 21.5 Å². The number of aliphatic imine (C=N–C) groups is 1. The second kappa shape index (κ2) is 13.5. The zero-order valence-electron chi connectivity index (χ0n) is 21.3. The van der Waals surface area contributed by atoms with E-state index < -0.39 is 0 Å². The molecule has 0 radical (unpaired) electrons. The summed E-state index contributed by atoms with van der Waals surface area (Å²) in [6.45, 7) is 4.70. The van der Waals surface area contributed by atoms with Gasteiger partial charge in [-0.2, -0.15) is 0 Å². The first-order valence-corrected chi connectivity index (χ1v) is 14.5. The molecule has 1 amide bonds. The average Bonchev–Trinajstić information content (AvgIpc) is 3.39. The minimum atomic E-state index is -0.279. The predicted octanol–water partition coefficient (Wildman–Crippen LogP) is 5.68. The van der Waals surface area contributed by atoms with Crippen molar-refractivity contribution >= 4 is 46.0 Å². The molecular formula is C29H29Cl2N3O4S. The van der Waals surface area contributed by atoms with Crippen LogP contribution in [0.3, 0.4) is 0 Å². The Bertz CT molecular complexity index is 1270. The number of thioether (sulfide) groups is 1. The Kier molecular flexibility index (Phi) is 9.66. The van der Waals surface area contributed by atoms with Gasteiger partial charge in [0.2, 0.25) is 0 Å². The van der Waals surface area contributed by atoms with E-state index in [4.69, 9.17) is 42.4 Å². The van der Waals surface area contributed by atoms with Crippen LogP contribution in [0, 0.1) is 0 Å². The molecule has 0 aliphatic carbocycles. The van der Waals surface area contributed by atoms with Crippen molar-refractivity contribution in [3.63, 3.8) is 0 Å². The van der Waals surface area contributed by atoms with Crippen LogP contribution in [0.2, 0.25) is 10.0 Å². The molecule has 2 aliphatic rings. The Balaban J connectivity index is 1.29. The molecule has 39 heavy (non-hydrogen) atoms. The van der Waals surface area contributed by atoms with Gasteiger partial charge in [0.1, 0.15) is 24.7 Å². The molecule has 1 unspecified atom stereocenters. The first kappa shape index (κ1) is 27.8. The zero-order valence-corrected chi connectivity index (χ0v) is 23.6. The van der Waals surface area contributed by atoms with Crippen molar-refractivity contribution in [1.29, 1.82) is 0 Å². The number of carbonyl (C=O) groups excluding carboxylic acids is 1. The SMILES string of the molecule is O=C(NC1=NC(CN2CCOCC2)CS1)c1cc(OCc2ccccc2Cl)cc(OCc2ccccc2Cl)c1. The van der Waals surface area contributed by atoms with E-state index in [2.05, 4.69) is 10.2 Å². The summed E-state index contributed by atoms with van der Waals surface area (Å²) in [5, 5.41) is 4.81. The van der Waals surface area contributed by atoms with Crippen LogP contribution in [0.5, 0.6) is 11.5 Å². The molecule has 0 spiro atoms. The quantitative estimate of drug-likeness (QED) is 0.348. The highest BCUT2D eigenvalue weighted by Crippen LogP contribution is 2.27.